The van der Waals surface area contributed by atoms with Gasteiger partial charge in [-0.25, -0.2) is 8.42 Å². The zero-order chi connectivity index (χ0) is 13.9. The van der Waals surface area contributed by atoms with Crippen LogP contribution in [0.2, 0.25) is 0 Å². The maximum Gasteiger partial charge on any atom is 0.274 e. The molecular weight excluding hydrogens is 256 g/mol. The monoisotopic (exact) mass is 274 g/mol. The summed E-state index contributed by atoms with van der Waals surface area (Å²) in [7, 11) is -3.13. The smallest absolute Gasteiger partial charge is 0.274 e. The Hall–Kier alpha value is -1.57. The Kier molecular flexibility index (Phi) is 4.33. The van der Waals surface area contributed by atoms with Crippen LogP contribution in [0, 0.1) is 0 Å². The van der Waals surface area contributed by atoms with Crippen LogP contribution in [0.25, 0.3) is 0 Å². The van der Waals surface area contributed by atoms with Gasteiger partial charge in [-0.2, -0.15) is 5.10 Å². The summed E-state index contributed by atoms with van der Waals surface area (Å²) in [6.07, 6.45) is 2.69. The molecule has 0 aliphatic carbocycles. The molecule has 18 heavy (non-hydrogen) atoms. The molecular formula is C10H18N4O3S. The minimum absolute atomic E-state index is 0.118. The van der Waals surface area contributed by atoms with Gasteiger partial charge in [0.05, 0.1) is 11.4 Å². The molecule has 0 radical (unpaired) electrons. The Balaban J connectivity index is 2.73. The van der Waals surface area contributed by atoms with Gasteiger partial charge in [0.25, 0.3) is 5.91 Å². The third-order valence-corrected chi connectivity index (χ3v) is 3.36. The Morgan fingerprint density at radius 1 is 1.61 bits per heavy atom. The molecule has 0 aliphatic rings. The number of carbonyl (C=O) groups is 1. The fourth-order valence-electron chi connectivity index (χ4n) is 1.56. The van der Waals surface area contributed by atoms with Crippen molar-refractivity contribution in [2.75, 3.05) is 17.7 Å². The average molecular weight is 274 g/mol. The highest BCUT2D eigenvalue weighted by molar-refractivity contribution is 7.90. The van der Waals surface area contributed by atoms with Gasteiger partial charge < -0.3 is 11.1 Å². The molecule has 8 heteroatoms. The fourth-order valence-corrected chi connectivity index (χ4v) is 2.55. The zero-order valence-corrected chi connectivity index (χ0v) is 11.5. The lowest BCUT2D eigenvalue weighted by Crippen LogP contribution is -2.37. The van der Waals surface area contributed by atoms with Crippen molar-refractivity contribution >= 4 is 21.4 Å². The number of rotatable bonds is 5. The van der Waals surface area contributed by atoms with E-state index in [4.69, 9.17) is 5.73 Å². The zero-order valence-electron chi connectivity index (χ0n) is 10.7. The predicted octanol–water partition coefficient (Wildman–Crippen LogP) is -0.352. The van der Waals surface area contributed by atoms with Crippen molar-refractivity contribution in [3.05, 3.63) is 11.9 Å². The van der Waals surface area contributed by atoms with Crippen molar-refractivity contribution in [2.24, 2.45) is 0 Å². The highest BCUT2D eigenvalue weighted by atomic mass is 32.2. The number of carbonyl (C=O) groups excluding carboxylic acids is 1. The number of nitrogen functional groups attached to an aromatic ring is 1. The molecule has 1 aromatic rings. The van der Waals surface area contributed by atoms with E-state index in [1.165, 1.54) is 0 Å². The third kappa shape index (κ3) is 4.02. The molecule has 1 rings (SSSR count). The maximum atomic E-state index is 11.8. The standard InChI is InChI=1S/C10H18N4O3S/c1-4-14-5-8(11)9(13-14)10(15)12-7(2)6-18(3,16)17/h5,7H,4,6,11H2,1-3H3,(H,12,15). The van der Waals surface area contributed by atoms with E-state index in [9.17, 15) is 13.2 Å². The highest BCUT2D eigenvalue weighted by Crippen LogP contribution is 2.09. The van der Waals surface area contributed by atoms with Crippen molar-refractivity contribution in [1.82, 2.24) is 15.1 Å². The predicted molar refractivity (Wildman–Crippen MR) is 69.0 cm³/mol. The number of aryl methyl sites for hydroxylation is 1. The van der Waals surface area contributed by atoms with Crippen molar-refractivity contribution < 1.29 is 13.2 Å². The van der Waals surface area contributed by atoms with Crippen LogP contribution >= 0.6 is 0 Å². The minimum atomic E-state index is -3.13. The molecule has 0 fully saturated rings. The summed E-state index contributed by atoms with van der Waals surface area (Å²) in [5.41, 5.74) is 6.06. The van der Waals surface area contributed by atoms with Crippen LogP contribution in [0.15, 0.2) is 6.20 Å². The average Bonchev–Trinajstić information content (AvgIpc) is 2.56. The van der Waals surface area contributed by atoms with E-state index < -0.39 is 21.8 Å². The molecule has 0 aliphatic heterocycles. The van der Waals surface area contributed by atoms with Crippen LogP contribution in [0.5, 0.6) is 0 Å². The number of nitrogens with two attached hydrogens (primary N) is 1. The van der Waals surface area contributed by atoms with E-state index in [-0.39, 0.29) is 17.1 Å². The van der Waals surface area contributed by atoms with Crippen LogP contribution in [0.4, 0.5) is 5.69 Å². The van der Waals surface area contributed by atoms with Gasteiger partial charge in [-0.1, -0.05) is 0 Å². The number of nitrogens with zero attached hydrogens (tertiary/aromatic N) is 2. The fraction of sp³-hybridized carbons (Fsp3) is 0.600. The second-order valence-corrected chi connectivity index (χ2v) is 6.44. The lowest BCUT2D eigenvalue weighted by Gasteiger charge is -2.11. The van der Waals surface area contributed by atoms with Crippen molar-refractivity contribution in [1.29, 1.82) is 0 Å². The van der Waals surface area contributed by atoms with E-state index in [0.29, 0.717) is 6.54 Å². The van der Waals surface area contributed by atoms with Gasteiger partial charge in [-0.05, 0) is 13.8 Å². The van der Waals surface area contributed by atoms with Crippen LogP contribution in [0.1, 0.15) is 24.3 Å². The molecule has 3 N–H and O–H groups in total. The van der Waals surface area contributed by atoms with Gasteiger partial charge in [0.2, 0.25) is 0 Å². The van der Waals surface area contributed by atoms with E-state index in [1.54, 1.807) is 17.8 Å². The summed E-state index contributed by atoms with van der Waals surface area (Å²) in [6, 6.07) is -0.487. The number of hydrogen-bond acceptors (Lipinski definition) is 5. The topological polar surface area (TPSA) is 107 Å². The Morgan fingerprint density at radius 2 is 2.22 bits per heavy atom. The van der Waals surface area contributed by atoms with Crippen LogP contribution in [0.3, 0.4) is 0 Å². The molecule has 0 saturated heterocycles. The SMILES string of the molecule is CCn1cc(N)c(C(=O)NC(C)CS(C)(=O)=O)n1. The van der Waals surface area contributed by atoms with E-state index in [0.717, 1.165) is 6.26 Å². The summed E-state index contributed by atoms with van der Waals surface area (Å²) < 4.78 is 23.7. The second-order valence-electron chi connectivity index (χ2n) is 4.26. The van der Waals surface area contributed by atoms with E-state index in [1.807, 2.05) is 6.92 Å². The van der Waals surface area contributed by atoms with Crippen LogP contribution in [-0.4, -0.2) is 42.2 Å². The number of hydrogen-bond donors (Lipinski definition) is 2. The van der Waals surface area contributed by atoms with Gasteiger partial charge in [-0.3, -0.25) is 9.48 Å². The van der Waals surface area contributed by atoms with Gasteiger partial charge in [0.15, 0.2) is 5.69 Å². The summed E-state index contributed by atoms with van der Waals surface area (Å²) in [5, 5.41) is 6.56. The van der Waals surface area contributed by atoms with Gasteiger partial charge in [0, 0.05) is 25.0 Å². The number of sulfone groups is 1. The number of aromatic nitrogens is 2. The number of amides is 1. The summed E-state index contributed by atoms with van der Waals surface area (Å²) >= 11 is 0. The largest absolute Gasteiger partial charge is 0.396 e. The molecule has 0 saturated carbocycles. The van der Waals surface area contributed by atoms with Crippen molar-refractivity contribution in [3.63, 3.8) is 0 Å². The van der Waals surface area contributed by atoms with Crippen molar-refractivity contribution in [3.8, 4) is 0 Å². The summed E-state index contributed by atoms with van der Waals surface area (Å²) in [4.78, 5) is 11.8. The Morgan fingerprint density at radius 3 is 2.67 bits per heavy atom. The number of nitrogens with one attached hydrogen (secondary N) is 1. The third-order valence-electron chi connectivity index (χ3n) is 2.26. The first kappa shape index (κ1) is 14.5. The lowest BCUT2D eigenvalue weighted by molar-refractivity contribution is 0.0938. The number of anilines is 1. The van der Waals surface area contributed by atoms with Crippen molar-refractivity contribution in [2.45, 2.75) is 26.4 Å². The molecule has 1 unspecified atom stereocenters. The van der Waals surface area contributed by atoms with Gasteiger partial charge in [-0.15, -0.1) is 0 Å². The molecule has 1 heterocycles. The summed E-state index contributed by atoms with van der Waals surface area (Å²) in [6.45, 7) is 4.10. The molecule has 1 aromatic heterocycles. The first-order valence-corrected chi connectivity index (χ1v) is 7.60. The van der Waals surface area contributed by atoms with Gasteiger partial charge >= 0.3 is 0 Å². The van der Waals surface area contributed by atoms with Gasteiger partial charge in [0.1, 0.15) is 9.84 Å². The molecule has 102 valence electrons. The highest BCUT2D eigenvalue weighted by Gasteiger charge is 2.18. The molecule has 7 nitrogen and oxygen atoms in total. The van der Waals surface area contributed by atoms with Crippen LogP contribution in [-0.2, 0) is 16.4 Å². The second kappa shape index (κ2) is 5.38. The first-order valence-electron chi connectivity index (χ1n) is 5.54. The maximum absolute atomic E-state index is 11.8. The quantitative estimate of drug-likeness (QED) is 0.763. The Bertz CT molecular complexity index is 535. The lowest BCUT2D eigenvalue weighted by atomic mass is 10.3. The Labute approximate surface area is 106 Å². The van der Waals surface area contributed by atoms with E-state index >= 15 is 0 Å². The molecule has 0 aromatic carbocycles. The summed E-state index contributed by atoms with van der Waals surface area (Å²) in [5.74, 6) is -0.580. The molecule has 1 atom stereocenters. The molecule has 1 amide bonds. The molecule has 0 bridgehead atoms. The molecule has 0 spiro atoms. The van der Waals surface area contributed by atoms with E-state index in [2.05, 4.69) is 10.4 Å². The normalized spacial score (nSPS) is 13.3. The van der Waals surface area contributed by atoms with Crippen LogP contribution < -0.4 is 11.1 Å². The minimum Gasteiger partial charge on any atom is -0.396 e. The first-order chi connectivity index (χ1) is 8.23.